The Hall–Kier alpha value is -3.03. The van der Waals surface area contributed by atoms with Crippen molar-refractivity contribution in [1.82, 2.24) is 13.8 Å². The molecular weight excluding hydrogens is 462 g/mol. The fourth-order valence-electron chi connectivity index (χ4n) is 4.03. The minimum absolute atomic E-state index is 0.0282. The van der Waals surface area contributed by atoms with Gasteiger partial charge in [-0.2, -0.15) is 9.57 Å². The Bertz CT molecular complexity index is 1270. The molecule has 1 saturated heterocycles. The van der Waals surface area contributed by atoms with Crippen molar-refractivity contribution in [2.24, 2.45) is 5.92 Å². The zero-order chi connectivity index (χ0) is 25.2. The smallest absolute Gasteiger partial charge is 0.264 e. The Morgan fingerprint density at radius 1 is 1.15 bits per heavy atom. The number of benzene rings is 1. The van der Waals surface area contributed by atoms with E-state index in [-0.39, 0.29) is 31.8 Å². The molecule has 1 fully saturated rings. The summed E-state index contributed by atoms with van der Waals surface area (Å²) < 4.78 is 56.2. The Balaban J connectivity index is 1.76. The number of aryl methyl sites for hydroxylation is 1. The Morgan fingerprint density at radius 3 is 2.38 bits per heavy atom. The number of carbonyl (C=O) groups is 1. The summed E-state index contributed by atoms with van der Waals surface area (Å²) in [5, 5.41) is 9.63. The van der Waals surface area contributed by atoms with E-state index in [4.69, 9.17) is 0 Å². The van der Waals surface area contributed by atoms with Gasteiger partial charge in [-0.15, -0.1) is 0 Å². The number of piperazine rings is 1. The second kappa shape index (κ2) is 10.1. The first kappa shape index (κ1) is 25.6. The molecule has 1 aromatic carbocycles. The Labute approximate surface area is 198 Å². The van der Waals surface area contributed by atoms with E-state index in [0.29, 0.717) is 12.0 Å². The molecule has 1 aliphatic heterocycles. The summed E-state index contributed by atoms with van der Waals surface area (Å²) in [4.78, 5) is 13.7. The standard InChI is InChI=1S/C24H28F2N4O3S/c1-16(2)15-30-17(3)11-19(18(30)4)12-20(14-27)24(31)28-7-9-29(10-8-28)34(32,33)23-13-21(25)5-6-22(23)26/h5-6,11-13,16H,7-10,15H2,1-4H3/b20-12+. The molecule has 0 bridgehead atoms. The largest absolute Gasteiger partial charge is 0.348 e. The highest BCUT2D eigenvalue weighted by molar-refractivity contribution is 7.89. The van der Waals surface area contributed by atoms with Gasteiger partial charge in [0.15, 0.2) is 0 Å². The maximum absolute atomic E-state index is 14.0. The van der Waals surface area contributed by atoms with Gasteiger partial charge < -0.3 is 9.47 Å². The molecule has 0 unspecified atom stereocenters. The lowest BCUT2D eigenvalue weighted by Crippen LogP contribution is -2.50. The van der Waals surface area contributed by atoms with E-state index in [0.717, 1.165) is 39.9 Å². The average molecular weight is 491 g/mol. The number of aromatic nitrogens is 1. The topological polar surface area (TPSA) is 86.4 Å². The summed E-state index contributed by atoms with van der Waals surface area (Å²) in [6, 6.07) is 6.16. The molecule has 1 aliphatic rings. The third-order valence-corrected chi connectivity index (χ3v) is 7.76. The molecule has 10 heteroatoms. The lowest BCUT2D eigenvalue weighted by Gasteiger charge is -2.33. The van der Waals surface area contributed by atoms with Crippen LogP contribution in [0.4, 0.5) is 8.78 Å². The van der Waals surface area contributed by atoms with Gasteiger partial charge in [0.2, 0.25) is 10.0 Å². The highest BCUT2D eigenvalue weighted by Gasteiger charge is 2.33. The Kier molecular flexibility index (Phi) is 7.58. The van der Waals surface area contributed by atoms with Crippen LogP contribution in [0.25, 0.3) is 6.08 Å². The van der Waals surface area contributed by atoms with Crippen molar-refractivity contribution < 1.29 is 22.0 Å². The molecule has 2 aromatic rings. The van der Waals surface area contributed by atoms with E-state index in [1.807, 2.05) is 26.0 Å². The predicted octanol–water partition coefficient (Wildman–Crippen LogP) is 3.48. The molecule has 0 spiro atoms. The van der Waals surface area contributed by atoms with Crippen molar-refractivity contribution in [2.75, 3.05) is 26.2 Å². The minimum atomic E-state index is -4.26. The molecule has 0 aliphatic carbocycles. The van der Waals surface area contributed by atoms with Gasteiger partial charge in [0.1, 0.15) is 28.2 Å². The van der Waals surface area contributed by atoms with E-state index in [1.54, 1.807) is 6.08 Å². The van der Waals surface area contributed by atoms with Gasteiger partial charge in [0, 0.05) is 44.1 Å². The first-order valence-corrected chi connectivity index (χ1v) is 12.4. The van der Waals surface area contributed by atoms with Crippen molar-refractivity contribution in [3.63, 3.8) is 0 Å². The molecule has 34 heavy (non-hydrogen) atoms. The summed E-state index contributed by atoms with van der Waals surface area (Å²) in [5.41, 5.74) is 2.73. The van der Waals surface area contributed by atoms with Crippen LogP contribution in [0.1, 0.15) is 30.8 Å². The van der Waals surface area contributed by atoms with Crippen molar-refractivity contribution in [1.29, 1.82) is 5.26 Å². The maximum Gasteiger partial charge on any atom is 0.264 e. The second-order valence-corrected chi connectivity index (χ2v) is 10.7. The van der Waals surface area contributed by atoms with E-state index in [9.17, 15) is 27.3 Å². The van der Waals surface area contributed by atoms with Gasteiger partial charge in [0.05, 0.1) is 0 Å². The average Bonchev–Trinajstić information content (AvgIpc) is 3.05. The van der Waals surface area contributed by atoms with Crippen LogP contribution in [0.15, 0.2) is 34.7 Å². The number of sulfonamides is 1. The number of hydrogen-bond acceptors (Lipinski definition) is 4. The number of halogens is 2. The van der Waals surface area contributed by atoms with Crippen LogP contribution in [0, 0.1) is 42.7 Å². The molecule has 1 amide bonds. The number of hydrogen-bond donors (Lipinski definition) is 0. The third-order valence-electron chi connectivity index (χ3n) is 5.85. The van der Waals surface area contributed by atoms with Gasteiger partial charge >= 0.3 is 0 Å². The van der Waals surface area contributed by atoms with E-state index in [2.05, 4.69) is 18.4 Å². The highest BCUT2D eigenvalue weighted by Crippen LogP contribution is 2.23. The van der Waals surface area contributed by atoms with Crippen LogP contribution in [-0.2, 0) is 21.4 Å². The first-order chi connectivity index (χ1) is 15.9. The predicted molar refractivity (Wildman–Crippen MR) is 124 cm³/mol. The summed E-state index contributed by atoms with van der Waals surface area (Å²) >= 11 is 0. The fraction of sp³-hybridized carbons (Fsp3) is 0.417. The summed E-state index contributed by atoms with van der Waals surface area (Å²) in [6.07, 6.45) is 1.56. The first-order valence-electron chi connectivity index (χ1n) is 11.0. The number of nitriles is 1. The summed E-state index contributed by atoms with van der Waals surface area (Å²) in [5.74, 6) is -1.95. The molecular formula is C24H28F2N4O3S. The second-order valence-electron chi connectivity index (χ2n) is 8.77. The normalized spacial score (nSPS) is 15.6. The molecule has 3 rings (SSSR count). The van der Waals surface area contributed by atoms with Crippen LogP contribution >= 0.6 is 0 Å². The maximum atomic E-state index is 14.0. The van der Waals surface area contributed by atoms with Crippen molar-refractivity contribution in [3.8, 4) is 6.07 Å². The van der Waals surface area contributed by atoms with Gasteiger partial charge in [0.25, 0.3) is 5.91 Å². The number of rotatable bonds is 6. The number of carbonyl (C=O) groups excluding carboxylic acids is 1. The lowest BCUT2D eigenvalue weighted by molar-refractivity contribution is -0.127. The zero-order valence-corrected chi connectivity index (χ0v) is 20.5. The van der Waals surface area contributed by atoms with E-state index in [1.165, 1.54) is 4.90 Å². The molecule has 0 atom stereocenters. The SMILES string of the molecule is Cc1cc(/C=C(\C#N)C(=O)N2CCN(S(=O)(=O)c3cc(F)ccc3F)CC2)c(C)n1CC(C)C. The molecule has 0 radical (unpaired) electrons. The summed E-state index contributed by atoms with van der Waals surface area (Å²) in [6.45, 7) is 8.83. The van der Waals surface area contributed by atoms with Crippen LogP contribution in [0.2, 0.25) is 0 Å². The van der Waals surface area contributed by atoms with E-state index >= 15 is 0 Å². The van der Waals surface area contributed by atoms with Crippen LogP contribution < -0.4 is 0 Å². The van der Waals surface area contributed by atoms with Crippen molar-refractivity contribution in [3.05, 3.63) is 58.4 Å². The quantitative estimate of drug-likeness (QED) is 0.458. The van der Waals surface area contributed by atoms with Crippen LogP contribution in [0.3, 0.4) is 0 Å². The molecule has 0 N–H and O–H groups in total. The van der Waals surface area contributed by atoms with Crippen molar-refractivity contribution >= 4 is 22.0 Å². The van der Waals surface area contributed by atoms with Crippen LogP contribution in [0.5, 0.6) is 0 Å². The highest BCUT2D eigenvalue weighted by atomic mass is 32.2. The lowest BCUT2D eigenvalue weighted by atomic mass is 10.1. The van der Waals surface area contributed by atoms with Crippen LogP contribution in [-0.4, -0.2) is 54.3 Å². The fourth-order valence-corrected chi connectivity index (χ4v) is 5.53. The van der Waals surface area contributed by atoms with Gasteiger partial charge in [-0.25, -0.2) is 17.2 Å². The third kappa shape index (κ3) is 5.21. The van der Waals surface area contributed by atoms with Gasteiger partial charge in [-0.3, -0.25) is 4.79 Å². The molecule has 7 nitrogen and oxygen atoms in total. The van der Waals surface area contributed by atoms with Gasteiger partial charge in [-0.05, 0) is 55.7 Å². The zero-order valence-electron chi connectivity index (χ0n) is 19.7. The molecule has 1 aromatic heterocycles. The minimum Gasteiger partial charge on any atom is -0.348 e. The number of nitrogens with zero attached hydrogens (tertiary/aromatic N) is 4. The van der Waals surface area contributed by atoms with E-state index < -0.39 is 32.5 Å². The summed E-state index contributed by atoms with van der Waals surface area (Å²) in [7, 11) is -4.26. The Morgan fingerprint density at radius 2 is 1.79 bits per heavy atom. The molecule has 182 valence electrons. The molecule has 0 saturated carbocycles. The monoisotopic (exact) mass is 490 g/mol. The van der Waals surface area contributed by atoms with Gasteiger partial charge in [-0.1, -0.05) is 13.8 Å². The number of amides is 1. The molecule has 2 heterocycles. The van der Waals surface area contributed by atoms with Crippen molar-refractivity contribution in [2.45, 2.75) is 39.1 Å².